The van der Waals surface area contributed by atoms with Gasteiger partial charge in [0.1, 0.15) is 0 Å². The lowest BCUT2D eigenvalue weighted by molar-refractivity contribution is 0.102. The second-order valence-corrected chi connectivity index (χ2v) is 6.13. The van der Waals surface area contributed by atoms with Gasteiger partial charge in [-0.05, 0) is 49.2 Å². The molecule has 3 rings (SSSR count). The molecule has 2 aromatic rings. The van der Waals surface area contributed by atoms with Crippen molar-refractivity contribution in [2.75, 3.05) is 10.3 Å². The molecule has 6 nitrogen and oxygen atoms in total. The van der Waals surface area contributed by atoms with E-state index in [1.54, 1.807) is 36.5 Å². The summed E-state index contributed by atoms with van der Waals surface area (Å²) >= 11 is 0. The summed E-state index contributed by atoms with van der Waals surface area (Å²) in [5, 5.41) is 6.94. The zero-order valence-corrected chi connectivity index (χ0v) is 15.3. The third-order valence-corrected chi connectivity index (χ3v) is 4.41. The second-order valence-electron chi connectivity index (χ2n) is 6.13. The van der Waals surface area contributed by atoms with Gasteiger partial charge in [-0.25, -0.2) is 0 Å². The number of fused-ring (bicyclic) bond motifs is 1. The molecular formula is C21H20N4O2. The van der Waals surface area contributed by atoms with E-state index < -0.39 is 0 Å². The van der Waals surface area contributed by atoms with Crippen LogP contribution in [0.2, 0.25) is 0 Å². The Balaban J connectivity index is 1.76. The summed E-state index contributed by atoms with van der Waals surface area (Å²) in [4.78, 5) is 27.5. The third-order valence-electron chi connectivity index (χ3n) is 4.41. The van der Waals surface area contributed by atoms with Crippen molar-refractivity contribution in [2.24, 2.45) is 5.29 Å². The van der Waals surface area contributed by atoms with Crippen LogP contribution < -0.4 is 10.3 Å². The van der Waals surface area contributed by atoms with E-state index >= 15 is 0 Å². The Morgan fingerprint density at radius 2 is 2.11 bits per heavy atom. The summed E-state index contributed by atoms with van der Waals surface area (Å²) in [7, 11) is 0. The van der Waals surface area contributed by atoms with E-state index in [4.69, 9.17) is 0 Å². The second kappa shape index (κ2) is 7.78. The predicted octanol–water partition coefficient (Wildman–Crippen LogP) is 5.39. The molecular weight excluding hydrogens is 340 g/mol. The molecule has 1 aromatic carbocycles. The van der Waals surface area contributed by atoms with Crippen LogP contribution in [0.5, 0.6) is 0 Å². The lowest BCUT2D eigenvalue weighted by atomic mass is 10.0. The molecule has 1 aliphatic rings. The fraction of sp³-hybridized carbons (Fsp3) is 0.143. The number of pyridine rings is 1. The summed E-state index contributed by atoms with van der Waals surface area (Å²) in [5.41, 5.74) is 5.55. The monoisotopic (exact) mass is 360 g/mol. The molecule has 1 amide bonds. The number of nitroso groups, excluding NO2 is 1. The zero-order valence-electron chi connectivity index (χ0n) is 15.3. The van der Waals surface area contributed by atoms with Crippen molar-refractivity contribution in [3.05, 3.63) is 83.1 Å². The topological polar surface area (TPSA) is 74.4 Å². The van der Waals surface area contributed by atoms with Crippen molar-refractivity contribution >= 4 is 28.5 Å². The number of anilines is 3. The highest BCUT2D eigenvalue weighted by molar-refractivity contribution is 6.05. The largest absolute Gasteiger partial charge is 0.322 e. The average Bonchev–Trinajstić information content (AvgIpc) is 3.40. The van der Waals surface area contributed by atoms with Crippen LogP contribution in [0.1, 0.15) is 36.3 Å². The van der Waals surface area contributed by atoms with Crippen LogP contribution in [0.25, 0.3) is 5.57 Å². The summed E-state index contributed by atoms with van der Waals surface area (Å²) in [5.74, 6) is -0.264. The van der Waals surface area contributed by atoms with Crippen LogP contribution in [0, 0.1) is 4.91 Å². The molecule has 1 N–H and O–H groups in total. The van der Waals surface area contributed by atoms with Crippen molar-refractivity contribution < 1.29 is 4.79 Å². The zero-order chi connectivity index (χ0) is 19.4. The van der Waals surface area contributed by atoms with Crippen LogP contribution in [-0.2, 0) is 0 Å². The Hall–Kier alpha value is -3.54. The number of benzene rings is 1. The molecule has 0 fully saturated rings. The molecule has 6 heteroatoms. The van der Waals surface area contributed by atoms with Crippen molar-refractivity contribution in [3.8, 4) is 0 Å². The van der Waals surface area contributed by atoms with Gasteiger partial charge < -0.3 is 5.32 Å². The maximum atomic E-state index is 12.4. The first kappa shape index (κ1) is 18.3. The van der Waals surface area contributed by atoms with Gasteiger partial charge in [-0.15, -0.1) is 4.91 Å². The van der Waals surface area contributed by atoms with Crippen LogP contribution in [0.15, 0.2) is 72.2 Å². The molecule has 0 atom stereocenters. The van der Waals surface area contributed by atoms with Gasteiger partial charge in [0.05, 0.1) is 27.9 Å². The van der Waals surface area contributed by atoms with E-state index in [2.05, 4.69) is 36.0 Å². The maximum Gasteiger partial charge on any atom is 0.257 e. The molecule has 136 valence electrons. The number of hydrogen-bond acceptors (Lipinski definition) is 4. The number of amides is 1. The molecule has 0 saturated carbocycles. The normalized spacial score (nSPS) is 13.0. The Labute approximate surface area is 157 Å². The molecule has 0 bridgehead atoms. The SMILES string of the molecule is C=C/C=C\C(=C(\C)CC)c1ccc(C(=O)Nc2ccc3c(c2)N3N=O)cn1. The van der Waals surface area contributed by atoms with Crippen LogP contribution >= 0.6 is 0 Å². The summed E-state index contributed by atoms with van der Waals surface area (Å²) < 4.78 is 0. The molecule has 0 aliphatic carbocycles. The lowest BCUT2D eigenvalue weighted by Crippen LogP contribution is -2.12. The van der Waals surface area contributed by atoms with Crippen molar-refractivity contribution in [1.29, 1.82) is 0 Å². The molecule has 1 aliphatic heterocycles. The first-order valence-electron chi connectivity index (χ1n) is 8.63. The number of allylic oxidation sites excluding steroid dienone is 5. The number of hydrogen-bond donors (Lipinski definition) is 1. The van der Waals surface area contributed by atoms with Crippen LogP contribution in [-0.4, -0.2) is 10.9 Å². The number of nitrogens with zero attached hydrogens (tertiary/aromatic N) is 3. The average molecular weight is 360 g/mol. The summed E-state index contributed by atoms with van der Waals surface area (Å²) in [6.45, 7) is 7.85. The van der Waals surface area contributed by atoms with Gasteiger partial charge in [-0.1, -0.05) is 37.3 Å². The van der Waals surface area contributed by atoms with Gasteiger partial charge >= 0.3 is 0 Å². The van der Waals surface area contributed by atoms with Gasteiger partial charge in [0.2, 0.25) is 0 Å². The number of nitrogens with one attached hydrogen (secondary N) is 1. The fourth-order valence-corrected chi connectivity index (χ4v) is 2.69. The number of rotatable bonds is 7. The molecule has 27 heavy (non-hydrogen) atoms. The van der Waals surface area contributed by atoms with Crippen LogP contribution in [0.4, 0.5) is 17.1 Å². The highest BCUT2D eigenvalue weighted by Gasteiger charge is 2.30. The van der Waals surface area contributed by atoms with Crippen molar-refractivity contribution in [2.45, 2.75) is 20.3 Å². The Bertz CT molecular complexity index is 959. The third kappa shape index (κ3) is 3.84. The first-order valence-corrected chi connectivity index (χ1v) is 8.63. The van der Waals surface area contributed by atoms with Gasteiger partial charge in [0.25, 0.3) is 5.91 Å². The molecule has 2 heterocycles. The number of carbonyl (C=O) groups is 1. The van der Waals surface area contributed by atoms with Gasteiger partial charge in [0, 0.05) is 11.9 Å². The van der Waals surface area contributed by atoms with Crippen molar-refractivity contribution in [1.82, 2.24) is 4.98 Å². The Morgan fingerprint density at radius 1 is 1.30 bits per heavy atom. The molecule has 0 saturated heterocycles. The number of carbonyl (C=O) groups excluding carboxylic acids is 1. The van der Waals surface area contributed by atoms with Gasteiger partial charge in [-0.3, -0.25) is 9.78 Å². The Kier molecular flexibility index (Phi) is 5.26. The molecule has 1 aromatic heterocycles. The highest BCUT2D eigenvalue weighted by atomic mass is 16.3. The highest BCUT2D eigenvalue weighted by Crippen LogP contribution is 2.49. The minimum Gasteiger partial charge on any atom is -0.322 e. The predicted molar refractivity (Wildman–Crippen MR) is 109 cm³/mol. The van der Waals surface area contributed by atoms with E-state index in [0.717, 1.165) is 23.4 Å². The van der Waals surface area contributed by atoms with Gasteiger partial charge in [0.15, 0.2) is 0 Å². The summed E-state index contributed by atoms with van der Waals surface area (Å²) in [6.07, 6.45) is 8.03. The smallest absolute Gasteiger partial charge is 0.257 e. The first-order chi connectivity index (χ1) is 13.1. The van der Waals surface area contributed by atoms with E-state index in [1.165, 1.54) is 10.6 Å². The van der Waals surface area contributed by atoms with E-state index in [-0.39, 0.29) is 5.91 Å². The molecule has 0 unspecified atom stereocenters. The van der Waals surface area contributed by atoms with Gasteiger partial charge in [-0.2, -0.15) is 5.01 Å². The lowest BCUT2D eigenvalue weighted by Gasteiger charge is -2.08. The maximum absolute atomic E-state index is 12.4. The minimum absolute atomic E-state index is 0.264. The van der Waals surface area contributed by atoms with E-state index in [9.17, 15) is 9.70 Å². The molecule has 0 spiro atoms. The summed E-state index contributed by atoms with van der Waals surface area (Å²) in [6, 6.07) is 8.76. The number of aromatic nitrogens is 1. The quantitative estimate of drug-likeness (QED) is 0.408. The fourth-order valence-electron chi connectivity index (χ4n) is 2.69. The molecule has 0 radical (unpaired) electrons. The van der Waals surface area contributed by atoms with E-state index in [0.29, 0.717) is 16.9 Å². The minimum atomic E-state index is -0.264. The Morgan fingerprint density at radius 3 is 2.74 bits per heavy atom. The van der Waals surface area contributed by atoms with Crippen molar-refractivity contribution in [3.63, 3.8) is 0 Å². The van der Waals surface area contributed by atoms with Crippen LogP contribution in [0.3, 0.4) is 0 Å². The standard InChI is InChI=1S/C21H20N4O2/c1-4-6-7-17(14(3)5-2)18-10-8-15(13-22-18)21(26)23-16-9-11-19-20(12-16)25(19)24-27/h4,6-13H,1,5H2,2-3H3,(H,23,26)/b7-6-,17-14+. The van der Waals surface area contributed by atoms with E-state index in [1.807, 2.05) is 18.2 Å².